The van der Waals surface area contributed by atoms with Gasteiger partial charge in [-0.25, -0.2) is 0 Å². The van der Waals surface area contributed by atoms with Gasteiger partial charge >= 0.3 is 0 Å². The molecule has 0 amide bonds. The van der Waals surface area contributed by atoms with Gasteiger partial charge in [-0.1, -0.05) is 48.4 Å². The number of aliphatic hydroxyl groups is 3. The molecule has 1 aliphatic heterocycles. The number of hydrogen-bond donors (Lipinski definition) is 3. The van der Waals surface area contributed by atoms with Gasteiger partial charge in [-0.05, 0) is 41.3 Å². The molecule has 2 aromatic rings. The molecule has 0 saturated carbocycles. The van der Waals surface area contributed by atoms with Crippen LogP contribution in [0.2, 0.25) is 5.02 Å². The van der Waals surface area contributed by atoms with Crippen molar-refractivity contribution in [3.8, 4) is 12.3 Å². The van der Waals surface area contributed by atoms with Gasteiger partial charge < -0.3 is 20.1 Å². The summed E-state index contributed by atoms with van der Waals surface area (Å²) in [6.45, 7) is 3.59. The highest BCUT2D eigenvalue weighted by Crippen LogP contribution is 2.35. The van der Waals surface area contributed by atoms with Crippen LogP contribution < -0.4 is 0 Å². The molecule has 1 heterocycles. The maximum absolute atomic E-state index is 10.3. The fourth-order valence-electron chi connectivity index (χ4n) is 2.97. The minimum absolute atomic E-state index is 0.0224. The van der Waals surface area contributed by atoms with Crippen molar-refractivity contribution >= 4 is 11.6 Å². The fraction of sp³-hybridized carbons (Fsp3) is 0.238. The topological polar surface area (TPSA) is 69.9 Å². The summed E-state index contributed by atoms with van der Waals surface area (Å²) in [5, 5.41) is 30.6. The average Bonchev–Trinajstić information content (AvgIpc) is 2.65. The molecule has 26 heavy (non-hydrogen) atoms. The van der Waals surface area contributed by atoms with E-state index >= 15 is 0 Å². The van der Waals surface area contributed by atoms with Crippen molar-refractivity contribution < 1.29 is 20.1 Å². The summed E-state index contributed by atoms with van der Waals surface area (Å²) in [6, 6.07) is 12.9. The molecule has 0 aromatic heterocycles. The number of hydrogen-bond acceptors (Lipinski definition) is 4. The van der Waals surface area contributed by atoms with Gasteiger partial charge in [0.1, 0.15) is 24.1 Å². The molecular formula is C21H19ClO4. The summed E-state index contributed by atoms with van der Waals surface area (Å²) in [4.78, 5) is 0. The molecule has 3 rings (SSSR count). The Kier molecular flexibility index (Phi) is 5.36. The lowest BCUT2D eigenvalue weighted by Gasteiger charge is -2.37. The van der Waals surface area contributed by atoms with Crippen molar-refractivity contribution in [2.24, 2.45) is 0 Å². The average molecular weight is 371 g/mol. The van der Waals surface area contributed by atoms with Crippen LogP contribution in [0.15, 0.2) is 54.8 Å². The molecule has 4 nitrogen and oxygen atoms in total. The number of ether oxygens (including phenoxy) is 1. The molecule has 0 radical (unpaired) electrons. The minimum atomic E-state index is -1.36. The Labute approximate surface area is 157 Å². The van der Waals surface area contributed by atoms with Crippen LogP contribution in [0.1, 0.15) is 28.4 Å². The Hall–Kier alpha value is -2.29. The zero-order valence-electron chi connectivity index (χ0n) is 14.0. The molecule has 2 aromatic carbocycles. The van der Waals surface area contributed by atoms with Gasteiger partial charge in [-0.15, -0.1) is 6.42 Å². The summed E-state index contributed by atoms with van der Waals surface area (Å²) in [7, 11) is 0. The van der Waals surface area contributed by atoms with Gasteiger partial charge in [0.05, 0.1) is 0 Å². The van der Waals surface area contributed by atoms with Crippen LogP contribution in [0, 0.1) is 12.3 Å². The summed E-state index contributed by atoms with van der Waals surface area (Å²) in [5.41, 5.74) is 3.33. The van der Waals surface area contributed by atoms with E-state index < -0.39 is 24.4 Å². The number of aliphatic hydroxyl groups excluding tert-OH is 3. The van der Waals surface area contributed by atoms with Gasteiger partial charge in [0.15, 0.2) is 6.10 Å². The second kappa shape index (κ2) is 7.53. The predicted octanol–water partition coefficient (Wildman–Crippen LogP) is 2.58. The molecule has 4 atom stereocenters. The second-order valence-electron chi connectivity index (χ2n) is 6.30. The van der Waals surface area contributed by atoms with E-state index in [-0.39, 0.29) is 5.76 Å². The van der Waals surface area contributed by atoms with Crippen LogP contribution in [-0.4, -0.2) is 33.6 Å². The normalized spacial score (nSPS) is 25.4. The number of halogens is 1. The lowest BCUT2D eigenvalue weighted by molar-refractivity contribution is -0.157. The first-order valence-corrected chi connectivity index (χ1v) is 8.52. The summed E-state index contributed by atoms with van der Waals surface area (Å²) in [6.07, 6.45) is 1.15. The van der Waals surface area contributed by atoms with Crippen LogP contribution in [0.5, 0.6) is 0 Å². The van der Waals surface area contributed by atoms with Crippen LogP contribution in [0.25, 0.3) is 0 Å². The molecule has 5 heteroatoms. The zero-order chi connectivity index (χ0) is 18.8. The Bertz CT molecular complexity index is 853. The fourth-order valence-corrected chi connectivity index (χ4v) is 3.15. The lowest BCUT2D eigenvalue weighted by atomic mass is 9.92. The zero-order valence-corrected chi connectivity index (χ0v) is 14.7. The molecule has 0 aliphatic carbocycles. The first-order chi connectivity index (χ1) is 12.4. The van der Waals surface area contributed by atoms with Gasteiger partial charge in [0, 0.05) is 10.6 Å². The van der Waals surface area contributed by atoms with Crippen molar-refractivity contribution in [1.82, 2.24) is 0 Å². The lowest BCUT2D eigenvalue weighted by Crippen LogP contribution is -2.47. The predicted molar refractivity (Wildman–Crippen MR) is 99.6 cm³/mol. The van der Waals surface area contributed by atoms with Gasteiger partial charge in [0.25, 0.3) is 0 Å². The third-order valence-electron chi connectivity index (χ3n) is 4.51. The highest BCUT2D eigenvalue weighted by Gasteiger charge is 2.41. The highest BCUT2D eigenvalue weighted by atomic mass is 35.5. The Morgan fingerprint density at radius 2 is 1.77 bits per heavy atom. The summed E-state index contributed by atoms with van der Waals surface area (Å²) < 4.78 is 5.52. The van der Waals surface area contributed by atoms with E-state index in [2.05, 4.69) is 12.5 Å². The van der Waals surface area contributed by atoms with Crippen LogP contribution >= 0.6 is 11.6 Å². The number of terminal acetylenes is 1. The van der Waals surface area contributed by atoms with E-state index in [0.29, 0.717) is 17.0 Å². The van der Waals surface area contributed by atoms with E-state index in [9.17, 15) is 15.3 Å². The smallest absolute Gasteiger partial charge is 0.152 e. The maximum Gasteiger partial charge on any atom is 0.152 e. The standard InChI is InChI=1S/C21H19ClO4/c1-3-13-4-6-14(7-5-13)10-16-11-15(8-9-17(16)22)21-20(25)19(24)18(23)12(2)26-21/h1,4-9,11,18-21,23-25H,2,10H2/t18-,19+,20-,21+/m1/s1. The second-order valence-corrected chi connectivity index (χ2v) is 6.71. The van der Waals surface area contributed by atoms with E-state index in [1.165, 1.54) is 0 Å². The highest BCUT2D eigenvalue weighted by molar-refractivity contribution is 6.31. The Balaban J connectivity index is 1.87. The molecule has 1 fully saturated rings. The monoisotopic (exact) mass is 370 g/mol. The van der Waals surface area contributed by atoms with Gasteiger partial charge in [-0.2, -0.15) is 0 Å². The van der Waals surface area contributed by atoms with Crippen molar-refractivity contribution in [1.29, 1.82) is 0 Å². The molecule has 1 saturated heterocycles. The molecule has 0 bridgehead atoms. The van der Waals surface area contributed by atoms with Gasteiger partial charge in [0.2, 0.25) is 0 Å². The first-order valence-electron chi connectivity index (χ1n) is 8.14. The third kappa shape index (κ3) is 3.62. The van der Waals surface area contributed by atoms with Crippen LogP contribution in [-0.2, 0) is 11.2 Å². The largest absolute Gasteiger partial charge is 0.485 e. The maximum atomic E-state index is 10.3. The van der Waals surface area contributed by atoms with Crippen molar-refractivity contribution in [2.45, 2.75) is 30.8 Å². The van der Waals surface area contributed by atoms with E-state index in [1.807, 2.05) is 30.3 Å². The van der Waals surface area contributed by atoms with E-state index in [1.54, 1.807) is 12.1 Å². The third-order valence-corrected chi connectivity index (χ3v) is 4.87. The summed E-state index contributed by atoms with van der Waals surface area (Å²) >= 11 is 6.32. The molecule has 1 aliphatic rings. The van der Waals surface area contributed by atoms with Crippen molar-refractivity contribution in [2.75, 3.05) is 0 Å². The molecular weight excluding hydrogens is 352 g/mol. The minimum Gasteiger partial charge on any atom is -0.485 e. The van der Waals surface area contributed by atoms with E-state index in [0.717, 1.165) is 16.7 Å². The van der Waals surface area contributed by atoms with Crippen molar-refractivity contribution in [3.05, 3.63) is 82.1 Å². The molecule has 0 unspecified atom stereocenters. The van der Waals surface area contributed by atoms with Crippen LogP contribution in [0.3, 0.4) is 0 Å². The Morgan fingerprint density at radius 1 is 1.08 bits per heavy atom. The van der Waals surface area contributed by atoms with Crippen LogP contribution in [0.4, 0.5) is 0 Å². The van der Waals surface area contributed by atoms with E-state index in [4.69, 9.17) is 22.8 Å². The quantitative estimate of drug-likeness (QED) is 0.726. The van der Waals surface area contributed by atoms with Crippen molar-refractivity contribution in [3.63, 3.8) is 0 Å². The Morgan fingerprint density at radius 3 is 2.42 bits per heavy atom. The molecule has 3 N–H and O–H groups in total. The number of benzene rings is 2. The van der Waals surface area contributed by atoms with Gasteiger partial charge in [-0.3, -0.25) is 0 Å². The SMILES string of the molecule is C#Cc1ccc(Cc2cc([C@@H]3OC(=C)[C@@H](O)[C@H](O)[C@H]3O)ccc2Cl)cc1. The summed E-state index contributed by atoms with van der Waals surface area (Å²) in [5.74, 6) is 2.60. The number of rotatable bonds is 3. The molecule has 0 spiro atoms. The molecule has 134 valence electrons. The first kappa shape index (κ1) is 18.5.